The van der Waals surface area contributed by atoms with E-state index in [2.05, 4.69) is 50.6 Å². The molecule has 0 spiro atoms. The second kappa shape index (κ2) is 4.69. The second-order valence-corrected chi connectivity index (χ2v) is 6.30. The normalized spacial score (nSPS) is 18.7. The number of nitrogens with two attached hydrogens (primary N) is 2. The quantitative estimate of drug-likeness (QED) is 0.338. The Morgan fingerprint density at radius 1 is 1.33 bits per heavy atom. The van der Waals surface area contributed by atoms with Crippen molar-refractivity contribution >= 4 is 62.0 Å². The van der Waals surface area contributed by atoms with Crippen molar-refractivity contribution in [1.82, 2.24) is 5.43 Å². The fraction of sp³-hybridized carbons (Fsp3) is 0.273. The number of hydrogen-bond donors (Lipinski definition) is 3. The second-order valence-electron chi connectivity index (χ2n) is 4.14. The number of furan rings is 1. The Hall–Kier alpha value is -0.260. The molecule has 1 aliphatic rings. The van der Waals surface area contributed by atoms with Crippen LogP contribution < -0.4 is 21.7 Å². The third-order valence-electron chi connectivity index (χ3n) is 3.04. The van der Waals surface area contributed by atoms with Crippen molar-refractivity contribution in [2.24, 2.45) is 5.84 Å². The highest BCUT2D eigenvalue weighted by Gasteiger charge is 2.27. The largest absolute Gasteiger partial charge is 0.473 e. The van der Waals surface area contributed by atoms with Crippen LogP contribution in [0.5, 0.6) is 5.75 Å². The van der Waals surface area contributed by atoms with Crippen molar-refractivity contribution in [3.63, 3.8) is 0 Å². The first-order valence-corrected chi connectivity index (χ1v) is 7.59. The predicted octanol–water partition coefficient (Wildman–Crippen LogP) is 2.34. The van der Waals surface area contributed by atoms with Crippen LogP contribution in [0.1, 0.15) is 12.0 Å². The minimum atomic E-state index is -0.136. The van der Waals surface area contributed by atoms with Gasteiger partial charge in [0.05, 0.1) is 7.14 Å². The van der Waals surface area contributed by atoms with Gasteiger partial charge in [-0.3, -0.25) is 5.84 Å². The molecule has 2 aromatic rings. The van der Waals surface area contributed by atoms with Crippen molar-refractivity contribution in [3.8, 4) is 5.75 Å². The SMILES string of the molecule is NNC1CCc2c(c(I)c(I)c3oc(N)cc23)O1. The molecule has 1 aromatic heterocycles. The maximum Gasteiger partial charge on any atom is 0.191 e. The van der Waals surface area contributed by atoms with Gasteiger partial charge in [0.25, 0.3) is 0 Å². The Morgan fingerprint density at radius 2 is 2.11 bits per heavy atom. The minimum Gasteiger partial charge on any atom is -0.473 e. The summed E-state index contributed by atoms with van der Waals surface area (Å²) in [5.74, 6) is 6.77. The maximum atomic E-state index is 5.88. The number of aryl methyl sites for hydroxylation is 1. The van der Waals surface area contributed by atoms with Crippen LogP contribution >= 0.6 is 45.2 Å². The van der Waals surface area contributed by atoms with Gasteiger partial charge in [-0.1, -0.05) is 0 Å². The van der Waals surface area contributed by atoms with Gasteiger partial charge < -0.3 is 14.9 Å². The molecule has 3 rings (SSSR count). The van der Waals surface area contributed by atoms with Crippen LogP contribution in [0.25, 0.3) is 11.0 Å². The van der Waals surface area contributed by atoms with Gasteiger partial charge in [0.2, 0.25) is 0 Å². The van der Waals surface area contributed by atoms with E-state index in [0.717, 1.165) is 42.3 Å². The van der Waals surface area contributed by atoms with Crippen LogP contribution in [-0.4, -0.2) is 6.23 Å². The van der Waals surface area contributed by atoms with E-state index in [-0.39, 0.29) is 6.23 Å². The Labute approximate surface area is 131 Å². The Bertz CT molecular complexity index is 627. The summed E-state index contributed by atoms with van der Waals surface area (Å²) in [6.45, 7) is 0. The number of rotatable bonds is 1. The van der Waals surface area contributed by atoms with Gasteiger partial charge >= 0.3 is 0 Å². The maximum absolute atomic E-state index is 5.88. The molecule has 1 aliphatic heterocycles. The number of ether oxygens (including phenoxy) is 1. The number of nitrogens with one attached hydrogen (secondary N) is 1. The Kier molecular flexibility index (Phi) is 3.32. The van der Waals surface area contributed by atoms with Crippen LogP contribution in [0.2, 0.25) is 0 Å². The number of anilines is 1. The van der Waals surface area contributed by atoms with E-state index >= 15 is 0 Å². The summed E-state index contributed by atoms with van der Waals surface area (Å²) in [5, 5.41) is 1.04. The average molecular weight is 471 g/mol. The average Bonchev–Trinajstić information content (AvgIpc) is 2.77. The monoisotopic (exact) mass is 471 g/mol. The molecule has 0 fully saturated rings. The van der Waals surface area contributed by atoms with Gasteiger partial charge in [0.1, 0.15) is 5.75 Å². The zero-order valence-corrected chi connectivity index (χ0v) is 13.6. The van der Waals surface area contributed by atoms with Gasteiger partial charge in [0.15, 0.2) is 17.7 Å². The van der Waals surface area contributed by atoms with Gasteiger partial charge in [-0.2, -0.15) is 0 Å². The van der Waals surface area contributed by atoms with Crippen molar-refractivity contribution < 1.29 is 9.15 Å². The molecule has 2 heterocycles. The Morgan fingerprint density at radius 3 is 2.83 bits per heavy atom. The molecule has 0 bridgehead atoms. The van der Waals surface area contributed by atoms with Crippen LogP contribution in [0.15, 0.2) is 10.5 Å². The highest BCUT2D eigenvalue weighted by Crippen LogP contribution is 2.42. The van der Waals surface area contributed by atoms with E-state index in [1.54, 1.807) is 0 Å². The molecule has 1 aromatic carbocycles. The van der Waals surface area contributed by atoms with Crippen molar-refractivity contribution in [1.29, 1.82) is 0 Å². The number of nitrogen functional groups attached to an aromatic ring is 1. The highest BCUT2D eigenvalue weighted by atomic mass is 127. The number of halogens is 2. The fourth-order valence-electron chi connectivity index (χ4n) is 2.22. The number of benzene rings is 1. The molecular weight excluding hydrogens is 460 g/mol. The molecule has 96 valence electrons. The fourth-order valence-corrected chi connectivity index (χ4v) is 3.56. The van der Waals surface area contributed by atoms with Crippen molar-refractivity contribution in [2.45, 2.75) is 19.1 Å². The molecule has 5 N–H and O–H groups in total. The zero-order chi connectivity index (χ0) is 12.9. The van der Waals surface area contributed by atoms with Crippen LogP contribution in [0, 0.1) is 7.14 Å². The summed E-state index contributed by atoms with van der Waals surface area (Å²) in [6, 6.07) is 1.87. The summed E-state index contributed by atoms with van der Waals surface area (Å²) in [6.07, 6.45) is 1.59. The molecule has 0 saturated heterocycles. The van der Waals surface area contributed by atoms with E-state index in [9.17, 15) is 0 Å². The number of hydrazine groups is 1. The third kappa shape index (κ3) is 1.87. The summed E-state index contributed by atoms with van der Waals surface area (Å²) in [7, 11) is 0. The molecule has 1 unspecified atom stereocenters. The first-order chi connectivity index (χ1) is 8.61. The van der Waals surface area contributed by atoms with E-state index < -0.39 is 0 Å². The molecule has 0 amide bonds. The zero-order valence-electron chi connectivity index (χ0n) is 9.30. The van der Waals surface area contributed by atoms with Crippen LogP contribution in [0.3, 0.4) is 0 Å². The van der Waals surface area contributed by atoms with E-state index in [4.69, 9.17) is 20.7 Å². The van der Waals surface area contributed by atoms with Crippen LogP contribution in [-0.2, 0) is 6.42 Å². The third-order valence-corrected chi connectivity index (χ3v) is 6.13. The van der Waals surface area contributed by atoms with E-state index in [1.165, 1.54) is 0 Å². The van der Waals surface area contributed by atoms with Gasteiger partial charge in [-0.15, -0.1) is 0 Å². The van der Waals surface area contributed by atoms with Crippen molar-refractivity contribution in [3.05, 3.63) is 18.8 Å². The van der Waals surface area contributed by atoms with Crippen molar-refractivity contribution in [2.75, 3.05) is 5.73 Å². The van der Waals surface area contributed by atoms with Gasteiger partial charge in [-0.05, 0) is 51.6 Å². The summed E-state index contributed by atoms with van der Waals surface area (Å²) >= 11 is 4.52. The smallest absolute Gasteiger partial charge is 0.191 e. The highest BCUT2D eigenvalue weighted by molar-refractivity contribution is 14.1. The molecule has 5 nitrogen and oxygen atoms in total. The lowest BCUT2D eigenvalue weighted by atomic mass is 10.0. The lowest BCUT2D eigenvalue weighted by Crippen LogP contribution is -2.42. The number of fused-ring (bicyclic) bond motifs is 3. The van der Waals surface area contributed by atoms with E-state index in [1.807, 2.05) is 6.07 Å². The van der Waals surface area contributed by atoms with E-state index in [0.29, 0.717) is 5.88 Å². The summed E-state index contributed by atoms with van der Waals surface area (Å²) in [5.41, 5.74) is 10.4. The Balaban J connectivity index is 2.28. The molecular formula is C11H11I2N3O2. The van der Waals surface area contributed by atoms with Crippen LogP contribution in [0.4, 0.5) is 5.88 Å². The standard InChI is InChI=1S/C11H11I2N3O2/c12-8-9(13)11-5(3-6(14)17-11)4-1-2-7(16-15)18-10(4)8/h3,7,16H,1-2,14-15H2. The van der Waals surface area contributed by atoms with Gasteiger partial charge in [0, 0.05) is 23.4 Å². The topological polar surface area (TPSA) is 86.4 Å². The molecule has 0 saturated carbocycles. The van der Waals surface area contributed by atoms with Gasteiger partial charge in [-0.25, -0.2) is 5.43 Å². The first-order valence-electron chi connectivity index (χ1n) is 5.43. The lowest BCUT2D eigenvalue weighted by Gasteiger charge is -2.27. The minimum absolute atomic E-state index is 0.136. The molecule has 0 aliphatic carbocycles. The summed E-state index contributed by atoms with van der Waals surface area (Å²) < 4.78 is 13.5. The molecule has 0 radical (unpaired) electrons. The summed E-state index contributed by atoms with van der Waals surface area (Å²) in [4.78, 5) is 0. The molecule has 18 heavy (non-hydrogen) atoms. The predicted molar refractivity (Wildman–Crippen MR) is 86.1 cm³/mol. The molecule has 1 atom stereocenters. The first kappa shape index (κ1) is 12.8. The molecule has 7 heteroatoms. The number of hydrogen-bond acceptors (Lipinski definition) is 5. The lowest BCUT2D eigenvalue weighted by molar-refractivity contribution is 0.138.